The lowest BCUT2D eigenvalue weighted by Gasteiger charge is -2.19. The van der Waals surface area contributed by atoms with Crippen molar-refractivity contribution in [1.82, 2.24) is 15.1 Å². The summed E-state index contributed by atoms with van der Waals surface area (Å²) in [5, 5.41) is 7.72. The molecule has 1 aromatic rings. The first-order valence-electron chi connectivity index (χ1n) is 5.85. The highest BCUT2D eigenvalue weighted by atomic mass is 16.5. The molecule has 0 spiro atoms. The van der Waals surface area contributed by atoms with Gasteiger partial charge in [0.15, 0.2) is 0 Å². The van der Waals surface area contributed by atoms with Crippen molar-refractivity contribution in [2.24, 2.45) is 0 Å². The van der Waals surface area contributed by atoms with Gasteiger partial charge in [-0.3, -0.25) is 4.68 Å². The number of ether oxygens (including phenoxy) is 1. The van der Waals surface area contributed by atoms with E-state index < -0.39 is 0 Å². The molecule has 0 aromatic carbocycles. The Morgan fingerprint density at radius 2 is 2.19 bits per heavy atom. The highest BCUT2D eigenvalue weighted by Crippen LogP contribution is 2.03. The molecule has 0 saturated carbocycles. The molecule has 0 unspecified atom stereocenters. The fraction of sp³-hybridized carbons (Fsp3) is 0.750. The molecule has 1 heterocycles. The van der Waals surface area contributed by atoms with Crippen LogP contribution in [0, 0.1) is 0 Å². The molecule has 0 aliphatic rings. The topological polar surface area (TPSA) is 39.1 Å². The normalized spacial score (nSPS) is 12.0. The number of nitrogens with one attached hydrogen (secondary N) is 1. The first kappa shape index (κ1) is 13.2. The fourth-order valence-corrected chi connectivity index (χ4v) is 1.29. The molecule has 92 valence electrons. The van der Waals surface area contributed by atoms with Crippen LogP contribution in [0.5, 0.6) is 0 Å². The van der Waals surface area contributed by atoms with E-state index in [4.69, 9.17) is 4.74 Å². The van der Waals surface area contributed by atoms with Gasteiger partial charge in [-0.05, 0) is 27.7 Å². The van der Waals surface area contributed by atoms with Crippen LogP contribution in [0.15, 0.2) is 12.4 Å². The first-order valence-corrected chi connectivity index (χ1v) is 5.85. The van der Waals surface area contributed by atoms with Crippen LogP contribution in [-0.4, -0.2) is 28.5 Å². The molecular weight excluding hydrogens is 202 g/mol. The van der Waals surface area contributed by atoms with Gasteiger partial charge in [-0.2, -0.15) is 5.10 Å². The van der Waals surface area contributed by atoms with E-state index in [1.54, 1.807) is 0 Å². The summed E-state index contributed by atoms with van der Waals surface area (Å²) in [6.07, 6.45) is 3.97. The molecule has 0 radical (unpaired) electrons. The van der Waals surface area contributed by atoms with Gasteiger partial charge in [0.25, 0.3) is 0 Å². The summed E-state index contributed by atoms with van der Waals surface area (Å²) >= 11 is 0. The van der Waals surface area contributed by atoms with Gasteiger partial charge >= 0.3 is 0 Å². The summed E-state index contributed by atoms with van der Waals surface area (Å²) in [6.45, 7) is 11.7. The van der Waals surface area contributed by atoms with Crippen molar-refractivity contribution >= 4 is 0 Å². The second-order valence-electron chi connectivity index (χ2n) is 4.91. The minimum atomic E-state index is 0.146. The Bertz CT molecular complexity index is 301. The Labute approximate surface area is 98.0 Å². The second-order valence-corrected chi connectivity index (χ2v) is 4.91. The fourth-order valence-electron chi connectivity index (χ4n) is 1.29. The quantitative estimate of drug-likeness (QED) is 0.750. The predicted molar refractivity (Wildman–Crippen MR) is 65.3 cm³/mol. The predicted octanol–water partition coefficient (Wildman–Crippen LogP) is 1.81. The van der Waals surface area contributed by atoms with E-state index in [1.807, 2.05) is 17.8 Å². The van der Waals surface area contributed by atoms with Crippen molar-refractivity contribution in [2.75, 3.05) is 13.2 Å². The molecule has 0 aliphatic heterocycles. The van der Waals surface area contributed by atoms with E-state index in [0.717, 1.165) is 26.3 Å². The first-order chi connectivity index (χ1) is 7.51. The lowest BCUT2D eigenvalue weighted by molar-refractivity contribution is 0.136. The summed E-state index contributed by atoms with van der Waals surface area (Å²) < 4.78 is 7.21. The molecule has 1 rings (SSSR count). The zero-order chi connectivity index (χ0) is 12.0. The number of hydrogen-bond acceptors (Lipinski definition) is 3. The number of hydrogen-bond donors (Lipinski definition) is 1. The molecule has 16 heavy (non-hydrogen) atoms. The van der Waals surface area contributed by atoms with Crippen LogP contribution in [0.2, 0.25) is 0 Å². The van der Waals surface area contributed by atoms with E-state index in [2.05, 4.69) is 37.4 Å². The zero-order valence-corrected chi connectivity index (χ0v) is 10.8. The van der Waals surface area contributed by atoms with E-state index in [1.165, 1.54) is 5.56 Å². The average Bonchev–Trinajstić information content (AvgIpc) is 2.62. The molecule has 0 bridgehead atoms. The Hall–Kier alpha value is -0.870. The Morgan fingerprint density at radius 3 is 2.81 bits per heavy atom. The highest BCUT2D eigenvalue weighted by Gasteiger charge is 2.08. The van der Waals surface area contributed by atoms with Crippen molar-refractivity contribution < 1.29 is 4.74 Å². The molecule has 0 amide bonds. The summed E-state index contributed by atoms with van der Waals surface area (Å²) in [4.78, 5) is 0. The number of nitrogens with zero attached hydrogens (tertiary/aromatic N) is 2. The maximum atomic E-state index is 5.28. The molecule has 0 aliphatic carbocycles. The van der Waals surface area contributed by atoms with Gasteiger partial charge in [-0.15, -0.1) is 0 Å². The van der Waals surface area contributed by atoms with Gasteiger partial charge in [-0.25, -0.2) is 0 Å². The minimum absolute atomic E-state index is 0.146. The standard InChI is InChI=1S/C12H23N3O/c1-5-16-7-6-15-10-11(9-14-15)8-13-12(2,3)4/h9-10,13H,5-8H2,1-4H3. The van der Waals surface area contributed by atoms with Gasteiger partial charge in [0.1, 0.15) is 0 Å². The molecule has 1 aromatic heterocycles. The maximum absolute atomic E-state index is 5.28. The third kappa shape index (κ3) is 5.28. The Morgan fingerprint density at radius 1 is 1.44 bits per heavy atom. The van der Waals surface area contributed by atoms with E-state index >= 15 is 0 Å². The van der Waals surface area contributed by atoms with Gasteiger partial charge < -0.3 is 10.1 Å². The Balaban J connectivity index is 2.33. The largest absolute Gasteiger partial charge is 0.380 e. The molecule has 1 N–H and O–H groups in total. The van der Waals surface area contributed by atoms with E-state index in [-0.39, 0.29) is 5.54 Å². The van der Waals surface area contributed by atoms with E-state index in [0.29, 0.717) is 0 Å². The highest BCUT2D eigenvalue weighted by molar-refractivity contribution is 5.03. The minimum Gasteiger partial charge on any atom is -0.380 e. The van der Waals surface area contributed by atoms with Gasteiger partial charge in [0.2, 0.25) is 0 Å². The zero-order valence-electron chi connectivity index (χ0n) is 10.8. The lowest BCUT2D eigenvalue weighted by atomic mass is 10.1. The van der Waals surface area contributed by atoms with Crippen molar-refractivity contribution in [3.8, 4) is 0 Å². The third-order valence-electron chi connectivity index (χ3n) is 2.18. The molecule has 0 atom stereocenters. The SMILES string of the molecule is CCOCCn1cc(CNC(C)(C)C)cn1. The van der Waals surface area contributed by atoms with Gasteiger partial charge in [-0.1, -0.05) is 0 Å². The summed E-state index contributed by atoms with van der Waals surface area (Å²) in [6, 6.07) is 0. The number of aromatic nitrogens is 2. The van der Waals surface area contributed by atoms with Crippen molar-refractivity contribution in [2.45, 2.75) is 46.3 Å². The van der Waals surface area contributed by atoms with Gasteiger partial charge in [0, 0.05) is 30.5 Å². The monoisotopic (exact) mass is 225 g/mol. The molecule has 4 heteroatoms. The lowest BCUT2D eigenvalue weighted by Crippen LogP contribution is -2.34. The summed E-state index contributed by atoms with van der Waals surface area (Å²) in [7, 11) is 0. The second kappa shape index (κ2) is 6.01. The molecule has 0 fully saturated rings. The smallest absolute Gasteiger partial charge is 0.0662 e. The van der Waals surface area contributed by atoms with E-state index in [9.17, 15) is 0 Å². The Kier molecular flexibility index (Phi) is 4.96. The van der Waals surface area contributed by atoms with Gasteiger partial charge in [0.05, 0.1) is 19.3 Å². The number of rotatable bonds is 6. The summed E-state index contributed by atoms with van der Waals surface area (Å²) in [5.74, 6) is 0. The third-order valence-corrected chi connectivity index (χ3v) is 2.18. The molecule has 0 saturated heterocycles. The van der Waals surface area contributed by atoms with Crippen molar-refractivity contribution in [3.05, 3.63) is 18.0 Å². The maximum Gasteiger partial charge on any atom is 0.0662 e. The van der Waals surface area contributed by atoms with Crippen LogP contribution < -0.4 is 5.32 Å². The molecule has 4 nitrogen and oxygen atoms in total. The van der Waals surface area contributed by atoms with Crippen LogP contribution >= 0.6 is 0 Å². The van der Waals surface area contributed by atoms with Crippen LogP contribution in [0.4, 0.5) is 0 Å². The van der Waals surface area contributed by atoms with Crippen LogP contribution in [0.25, 0.3) is 0 Å². The van der Waals surface area contributed by atoms with Crippen LogP contribution in [-0.2, 0) is 17.8 Å². The van der Waals surface area contributed by atoms with Crippen molar-refractivity contribution in [3.63, 3.8) is 0 Å². The van der Waals surface area contributed by atoms with Crippen LogP contribution in [0.3, 0.4) is 0 Å². The summed E-state index contributed by atoms with van der Waals surface area (Å²) in [5.41, 5.74) is 1.36. The average molecular weight is 225 g/mol. The van der Waals surface area contributed by atoms with Crippen molar-refractivity contribution in [1.29, 1.82) is 0 Å². The van der Waals surface area contributed by atoms with Crippen LogP contribution in [0.1, 0.15) is 33.3 Å². The molecular formula is C12H23N3O.